The van der Waals surface area contributed by atoms with Gasteiger partial charge >= 0.3 is 0 Å². The van der Waals surface area contributed by atoms with Crippen LogP contribution in [0.1, 0.15) is 57.1 Å². The van der Waals surface area contributed by atoms with E-state index in [0.29, 0.717) is 6.61 Å². The van der Waals surface area contributed by atoms with Crippen LogP contribution in [-0.4, -0.2) is 16.3 Å². The summed E-state index contributed by atoms with van der Waals surface area (Å²) >= 11 is 0. The van der Waals surface area contributed by atoms with E-state index in [2.05, 4.69) is 30.0 Å². The lowest BCUT2D eigenvalue weighted by atomic mass is 10.1. The Labute approximate surface area is 105 Å². The minimum Gasteiger partial charge on any atom is -0.396 e. The van der Waals surface area contributed by atoms with E-state index in [1.54, 1.807) is 0 Å². The summed E-state index contributed by atoms with van der Waals surface area (Å²) in [7, 11) is 0. The number of unbranched alkanes of at least 4 members (excludes halogenated alkanes) is 3. The summed E-state index contributed by atoms with van der Waals surface area (Å²) in [4.78, 5) is 0. The molecule has 0 saturated heterocycles. The van der Waals surface area contributed by atoms with Gasteiger partial charge in [-0.25, -0.2) is 0 Å². The molecule has 3 N–H and O–H groups in total. The SMILES string of the molecule is CCCC(N)c1ccn(CCCCCCO)c1. The first-order valence-electron chi connectivity index (χ1n) is 6.80. The van der Waals surface area contributed by atoms with Crippen LogP contribution < -0.4 is 5.73 Å². The first-order valence-corrected chi connectivity index (χ1v) is 6.80. The third-order valence-corrected chi connectivity index (χ3v) is 3.13. The summed E-state index contributed by atoms with van der Waals surface area (Å²) in [6.07, 6.45) is 10.9. The molecule has 0 radical (unpaired) electrons. The van der Waals surface area contributed by atoms with Crippen molar-refractivity contribution in [3.05, 3.63) is 24.0 Å². The Morgan fingerprint density at radius 3 is 2.76 bits per heavy atom. The Morgan fingerprint density at radius 1 is 1.29 bits per heavy atom. The van der Waals surface area contributed by atoms with E-state index in [1.807, 2.05) is 0 Å². The second-order valence-electron chi connectivity index (χ2n) is 4.72. The standard InChI is InChI=1S/C14H26N2O/c1-2-7-14(15)13-8-10-16(12-13)9-5-3-4-6-11-17/h8,10,12,14,17H,2-7,9,11,15H2,1H3. The van der Waals surface area contributed by atoms with Crippen LogP contribution in [0.2, 0.25) is 0 Å². The largest absolute Gasteiger partial charge is 0.396 e. The lowest BCUT2D eigenvalue weighted by Gasteiger charge is -2.07. The van der Waals surface area contributed by atoms with Gasteiger partial charge in [-0.05, 0) is 30.9 Å². The van der Waals surface area contributed by atoms with E-state index < -0.39 is 0 Å². The number of aliphatic hydroxyl groups is 1. The van der Waals surface area contributed by atoms with Crippen molar-refractivity contribution >= 4 is 0 Å². The van der Waals surface area contributed by atoms with Crippen LogP contribution in [0.3, 0.4) is 0 Å². The normalized spacial score (nSPS) is 12.9. The fourth-order valence-electron chi connectivity index (χ4n) is 2.06. The minimum atomic E-state index is 0.190. The van der Waals surface area contributed by atoms with Crippen molar-refractivity contribution < 1.29 is 5.11 Å². The van der Waals surface area contributed by atoms with Crippen LogP contribution in [0.25, 0.3) is 0 Å². The number of rotatable bonds is 9. The van der Waals surface area contributed by atoms with Crippen molar-refractivity contribution in [1.82, 2.24) is 4.57 Å². The number of aromatic nitrogens is 1. The fourth-order valence-corrected chi connectivity index (χ4v) is 2.06. The predicted octanol–water partition coefficient (Wildman–Crippen LogP) is 2.84. The van der Waals surface area contributed by atoms with E-state index in [-0.39, 0.29) is 6.04 Å². The number of hydrogen-bond donors (Lipinski definition) is 2. The lowest BCUT2D eigenvalue weighted by Crippen LogP contribution is -2.08. The van der Waals surface area contributed by atoms with Crippen molar-refractivity contribution in [2.24, 2.45) is 5.73 Å². The highest BCUT2D eigenvalue weighted by Crippen LogP contribution is 2.16. The summed E-state index contributed by atoms with van der Waals surface area (Å²) in [6, 6.07) is 2.32. The topological polar surface area (TPSA) is 51.2 Å². The average molecular weight is 238 g/mol. The van der Waals surface area contributed by atoms with E-state index in [4.69, 9.17) is 10.8 Å². The van der Waals surface area contributed by atoms with Gasteiger partial charge in [0.2, 0.25) is 0 Å². The van der Waals surface area contributed by atoms with Gasteiger partial charge in [0, 0.05) is 31.6 Å². The minimum absolute atomic E-state index is 0.190. The van der Waals surface area contributed by atoms with Crippen molar-refractivity contribution in [3.8, 4) is 0 Å². The molecule has 0 saturated carbocycles. The zero-order valence-electron chi connectivity index (χ0n) is 10.9. The quantitative estimate of drug-likeness (QED) is 0.650. The molecule has 0 bridgehead atoms. The Morgan fingerprint density at radius 2 is 2.06 bits per heavy atom. The maximum Gasteiger partial charge on any atom is 0.0431 e. The molecule has 1 rings (SSSR count). The summed E-state index contributed by atoms with van der Waals surface area (Å²) in [5.41, 5.74) is 7.32. The predicted molar refractivity (Wildman–Crippen MR) is 71.8 cm³/mol. The number of aryl methyl sites for hydroxylation is 1. The van der Waals surface area contributed by atoms with Crippen LogP contribution in [0, 0.1) is 0 Å². The molecular weight excluding hydrogens is 212 g/mol. The van der Waals surface area contributed by atoms with Crippen LogP contribution in [0.4, 0.5) is 0 Å². The molecule has 17 heavy (non-hydrogen) atoms. The van der Waals surface area contributed by atoms with E-state index >= 15 is 0 Å². The molecule has 0 fully saturated rings. The Hall–Kier alpha value is -0.800. The highest BCUT2D eigenvalue weighted by atomic mass is 16.2. The van der Waals surface area contributed by atoms with Crippen molar-refractivity contribution in [1.29, 1.82) is 0 Å². The maximum atomic E-state index is 8.68. The smallest absolute Gasteiger partial charge is 0.0431 e. The maximum absolute atomic E-state index is 8.68. The van der Waals surface area contributed by atoms with Gasteiger partial charge in [-0.3, -0.25) is 0 Å². The first kappa shape index (κ1) is 14.3. The molecule has 98 valence electrons. The van der Waals surface area contributed by atoms with Gasteiger partial charge in [-0.15, -0.1) is 0 Å². The van der Waals surface area contributed by atoms with Gasteiger partial charge in [0.15, 0.2) is 0 Å². The molecule has 0 aliphatic carbocycles. The molecule has 3 heteroatoms. The van der Waals surface area contributed by atoms with Crippen LogP contribution in [-0.2, 0) is 6.54 Å². The summed E-state index contributed by atoms with van der Waals surface area (Å²) < 4.78 is 2.23. The number of hydrogen-bond acceptors (Lipinski definition) is 2. The summed E-state index contributed by atoms with van der Waals surface area (Å²) in [5, 5.41) is 8.68. The highest BCUT2D eigenvalue weighted by Gasteiger charge is 2.05. The van der Waals surface area contributed by atoms with Crippen LogP contribution in [0.15, 0.2) is 18.5 Å². The van der Waals surface area contributed by atoms with Gasteiger partial charge in [0.1, 0.15) is 0 Å². The van der Waals surface area contributed by atoms with Gasteiger partial charge in [-0.2, -0.15) is 0 Å². The van der Waals surface area contributed by atoms with Gasteiger partial charge in [0.25, 0.3) is 0 Å². The Kier molecular flexibility index (Phi) is 6.97. The summed E-state index contributed by atoms with van der Waals surface area (Å²) in [6.45, 7) is 3.54. The average Bonchev–Trinajstić information content (AvgIpc) is 2.78. The second kappa shape index (κ2) is 8.31. The van der Waals surface area contributed by atoms with Crippen LogP contribution in [0.5, 0.6) is 0 Å². The molecule has 0 aliphatic rings. The second-order valence-corrected chi connectivity index (χ2v) is 4.72. The van der Waals surface area contributed by atoms with Gasteiger partial charge in [-0.1, -0.05) is 26.2 Å². The molecular formula is C14H26N2O. The first-order chi connectivity index (χ1) is 8.27. The molecule has 1 unspecified atom stereocenters. The molecule has 3 nitrogen and oxygen atoms in total. The third kappa shape index (κ3) is 5.37. The molecule has 0 amide bonds. The van der Waals surface area contributed by atoms with Gasteiger partial charge in [0.05, 0.1) is 0 Å². The molecule has 0 aromatic carbocycles. The van der Waals surface area contributed by atoms with Crippen molar-refractivity contribution in [3.63, 3.8) is 0 Å². The van der Waals surface area contributed by atoms with E-state index in [1.165, 1.54) is 18.4 Å². The molecule has 1 aromatic rings. The summed E-state index contributed by atoms with van der Waals surface area (Å²) in [5.74, 6) is 0. The van der Waals surface area contributed by atoms with Crippen LogP contribution >= 0.6 is 0 Å². The van der Waals surface area contributed by atoms with Crippen molar-refractivity contribution in [2.75, 3.05) is 6.61 Å². The number of nitrogens with two attached hydrogens (primary N) is 1. The van der Waals surface area contributed by atoms with E-state index in [0.717, 1.165) is 32.2 Å². The Balaban J connectivity index is 2.25. The zero-order valence-corrected chi connectivity index (χ0v) is 10.9. The third-order valence-electron chi connectivity index (χ3n) is 3.13. The molecule has 1 aromatic heterocycles. The van der Waals surface area contributed by atoms with Crippen molar-refractivity contribution in [2.45, 2.75) is 58.0 Å². The van der Waals surface area contributed by atoms with Gasteiger partial charge < -0.3 is 15.4 Å². The Bertz CT molecular complexity index is 296. The molecule has 0 spiro atoms. The zero-order chi connectivity index (χ0) is 12.5. The number of nitrogens with zero attached hydrogens (tertiary/aromatic N) is 1. The highest BCUT2D eigenvalue weighted by molar-refractivity contribution is 5.14. The molecule has 1 atom stereocenters. The fraction of sp³-hybridized carbons (Fsp3) is 0.714. The lowest BCUT2D eigenvalue weighted by molar-refractivity contribution is 0.282. The molecule has 0 aliphatic heterocycles. The molecule has 1 heterocycles. The number of aliphatic hydroxyl groups excluding tert-OH is 1. The van der Waals surface area contributed by atoms with E-state index in [9.17, 15) is 0 Å². The monoisotopic (exact) mass is 238 g/mol.